The molecule has 10 heteroatoms. The van der Waals surface area contributed by atoms with Crippen molar-refractivity contribution in [1.29, 1.82) is 0 Å². The fourth-order valence-corrected chi connectivity index (χ4v) is 4.35. The molecule has 0 aliphatic carbocycles. The third kappa shape index (κ3) is 4.91. The van der Waals surface area contributed by atoms with E-state index in [1.54, 1.807) is 0 Å². The van der Waals surface area contributed by atoms with Gasteiger partial charge in [-0.05, 0) is 24.6 Å². The highest BCUT2D eigenvalue weighted by Gasteiger charge is 2.35. The van der Waals surface area contributed by atoms with Crippen molar-refractivity contribution in [2.45, 2.75) is 26.2 Å². The number of hydrogen-bond acceptors (Lipinski definition) is 4. The molecule has 0 bridgehead atoms. The van der Waals surface area contributed by atoms with Crippen molar-refractivity contribution >= 4 is 5.69 Å². The van der Waals surface area contributed by atoms with Crippen LogP contribution in [0.25, 0.3) is 0 Å². The van der Waals surface area contributed by atoms with Crippen molar-refractivity contribution in [2.75, 3.05) is 31.1 Å². The molecule has 0 atom stereocenters. The third-order valence-corrected chi connectivity index (χ3v) is 6.11. The molecule has 6 nitrogen and oxygen atoms in total. The van der Waals surface area contributed by atoms with Crippen molar-refractivity contribution in [3.05, 3.63) is 97.6 Å². The van der Waals surface area contributed by atoms with Crippen LogP contribution in [0.2, 0.25) is 0 Å². The van der Waals surface area contributed by atoms with Gasteiger partial charge >= 0.3 is 11.9 Å². The lowest BCUT2D eigenvalue weighted by molar-refractivity contribution is -0.138. The van der Waals surface area contributed by atoms with E-state index in [0.29, 0.717) is 26.2 Å². The zero-order valence-corrected chi connectivity index (χ0v) is 18.5. The number of benzene rings is 2. The van der Waals surface area contributed by atoms with Crippen LogP contribution in [0.1, 0.15) is 22.4 Å². The topological polar surface area (TPSA) is 61.3 Å². The second-order valence-electron chi connectivity index (χ2n) is 8.29. The third-order valence-electron chi connectivity index (χ3n) is 6.11. The number of nitrogens with one attached hydrogen (secondary N) is 1. The van der Waals surface area contributed by atoms with Crippen molar-refractivity contribution in [3.8, 4) is 0 Å². The molecule has 1 aromatic heterocycles. The van der Waals surface area contributed by atoms with Crippen molar-refractivity contribution in [2.24, 2.45) is 0 Å². The summed E-state index contributed by atoms with van der Waals surface area (Å²) in [6, 6.07) is 12.6. The Morgan fingerprint density at radius 2 is 1.59 bits per heavy atom. The molecule has 0 radical (unpaired) electrons. The SMILES string of the molecule is Cc1c(N2CCN(Cc3ccccc3)CC2)c(=O)[nH]c(=O)n1Cc1c(F)cccc1C(F)(F)F. The summed E-state index contributed by atoms with van der Waals surface area (Å²) >= 11 is 0. The van der Waals surface area contributed by atoms with Crippen LogP contribution in [0.15, 0.2) is 58.1 Å². The number of anilines is 1. The maximum absolute atomic E-state index is 14.4. The van der Waals surface area contributed by atoms with E-state index in [1.165, 1.54) is 12.5 Å². The molecule has 1 N–H and O–H groups in total. The van der Waals surface area contributed by atoms with E-state index in [4.69, 9.17) is 0 Å². The largest absolute Gasteiger partial charge is 0.416 e. The Labute approximate surface area is 193 Å². The van der Waals surface area contributed by atoms with Crippen LogP contribution < -0.4 is 16.1 Å². The Bertz CT molecular complexity index is 1280. The zero-order valence-electron chi connectivity index (χ0n) is 18.5. The fourth-order valence-electron chi connectivity index (χ4n) is 4.35. The predicted octanol–water partition coefficient (Wildman–Crippen LogP) is 3.37. The molecule has 34 heavy (non-hydrogen) atoms. The summed E-state index contributed by atoms with van der Waals surface area (Å²) in [4.78, 5) is 31.4. The average Bonchev–Trinajstić information content (AvgIpc) is 2.78. The molecule has 1 fully saturated rings. The quantitative estimate of drug-likeness (QED) is 0.574. The summed E-state index contributed by atoms with van der Waals surface area (Å²) in [5.41, 5.74) is -1.72. The lowest BCUT2D eigenvalue weighted by Gasteiger charge is -2.36. The van der Waals surface area contributed by atoms with E-state index in [0.717, 1.165) is 29.3 Å². The minimum Gasteiger partial charge on any atom is -0.363 e. The van der Waals surface area contributed by atoms with Crippen LogP contribution in [0.4, 0.5) is 23.2 Å². The molecule has 1 aliphatic rings. The summed E-state index contributed by atoms with van der Waals surface area (Å²) in [7, 11) is 0. The van der Waals surface area contributed by atoms with Crippen LogP contribution in [-0.4, -0.2) is 40.6 Å². The smallest absolute Gasteiger partial charge is 0.363 e. The zero-order chi connectivity index (χ0) is 24.5. The Kier molecular flexibility index (Phi) is 6.60. The summed E-state index contributed by atoms with van der Waals surface area (Å²) in [5.74, 6) is -1.07. The normalized spacial score (nSPS) is 15.0. The van der Waals surface area contributed by atoms with Crippen LogP contribution >= 0.6 is 0 Å². The molecule has 1 aliphatic heterocycles. The second kappa shape index (κ2) is 9.46. The minimum atomic E-state index is -4.78. The number of nitrogens with zero attached hydrogens (tertiary/aromatic N) is 3. The molecular formula is C24H24F4N4O2. The molecule has 2 heterocycles. The van der Waals surface area contributed by atoms with Gasteiger partial charge in [-0.25, -0.2) is 9.18 Å². The Hall–Kier alpha value is -3.40. The molecular weight excluding hydrogens is 452 g/mol. The van der Waals surface area contributed by atoms with Crippen LogP contribution in [-0.2, 0) is 19.3 Å². The standard InChI is InChI=1S/C24H24F4N4O2/c1-16-21(31-12-10-30(11-13-31)14-17-6-3-2-4-7-17)22(33)29-23(34)32(16)15-18-19(24(26,27)28)8-5-9-20(18)25/h2-9H,10-15H2,1H3,(H,29,33,34). The van der Waals surface area contributed by atoms with Gasteiger partial charge in [-0.2, -0.15) is 13.2 Å². The predicted molar refractivity (Wildman–Crippen MR) is 120 cm³/mol. The number of halogens is 4. The highest BCUT2D eigenvalue weighted by molar-refractivity contribution is 5.49. The molecule has 2 aromatic carbocycles. The van der Waals surface area contributed by atoms with Gasteiger partial charge < -0.3 is 4.90 Å². The van der Waals surface area contributed by atoms with Crippen LogP contribution in [0.5, 0.6) is 0 Å². The van der Waals surface area contributed by atoms with Crippen LogP contribution in [0.3, 0.4) is 0 Å². The highest BCUT2D eigenvalue weighted by atomic mass is 19.4. The summed E-state index contributed by atoms with van der Waals surface area (Å²) in [6.45, 7) is 3.94. The van der Waals surface area contributed by atoms with E-state index >= 15 is 0 Å². The van der Waals surface area contributed by atoms with E-state index in [9.17, 15) is 27.2 Å². The van der Waals surface area contributed by atoms with Crippen molar-refractivity contribution in [1.82, 2.24) is 14.5 Å². The lowest BCUT2D eigenvalue weighted by atomic mass is 10.1. The molecule has 4 rings (SSSR count). The molecule has 0 spiro atoms. The van der Waals surface area contributed by atoms with Gasteiger partial charge in [0, 0.05) is 44.0 Å². The van der Waals surface area contributed by atoms with Crippen LogP contribution in [0, 0.1) is 12.7 Å². The first-order chi connectivity index (χ1) is 16.1. The summed E-state index contributed by atoms with van der Waals surface area (Å²) < 4.78 is 55.7. The highest BCUT2D eigenvalue weighted by Crippen LogP contribution is 2.33. The molecule has 0 amide bonds. The van der Waals surface area contributed by atoms with E-state index in [-0.39, 0.29) is 11.4 Å². The van der Waals surface area contributed by atoms with Crippen molar-refractivity contribution < 1.29 is 17.6 Å². The molecule has 0 unspecified atom stereocenters. The van der Waals surface area contributed by atoms with Gasteiger partial charge in [-0.1, -0.05) is 36.4 Å². The van der Waals surface area contributed by atoms with E-state index < -0.39 is 40.9 Å². The van der Waals surface area contributed by atoms with Gasteiger partial charge in [0.2, 0.25) is 0 Å². The number of hydrogen-bond donors (Lipinski definition) is 1. The summed E-state index contributed by atoms with van der Waals surface area (Å²) in [5, 5.41) is 0. The van der Waals surface area contributed by atoms with Gasteiger partial charge in [-0.3, -0.25) is 19.2 Å². The van der Waals surface area contributed by atoms with Gasteiger partial charge in [0.1, 0.15) is 11.5 Å². The second-order valence-corrected chi connectivity index (χ2v) is 8.29. The molecule has 1 saturated heterocycles. The van der Waals surface area contributed by atoms with E-state index in [2.05, 4.69) is 9.88 Å². The monoisotopic (exact) mass is 476 g/mol. The lowest BCUT2D eigenvalue weighted by Crippen LogP contribution is -2.49. The Balaban J connectivity index is 1.60. The number of alkyl halides is 3. The molecule has 3 aromatic rings. The van der Waals surface area contributed by atoms with Gasteiger partial charge in [0.25, 0.3) is 5.56 Å². The van der Waals surface area contributed by atoms with Gasteiger partial charge in [0.05, 0.1) is 12.1 Å². The molecule has 0 saturated carbocycles. The first-order valence-corrected chi connectivity index (χ1v) is 10.8. The Morgan fingerprint density at radius 1 is 0.912 bits per heavy atom. The number of rotatable bonds is 5. The van der Waals surface area contributed by atoms with E-state index in [1.807, 2.05) is 35.2 Å². The van der Waals surface area contributed by atoms with Gasteiger partial charge in [0.15, 0.2) is 0 Å². The number of H-pyrrole nitrogens is 1. The molecule has 180 valence electrons. The number of aromatic nitrogens is 2. The maximum atomic E-state index is 14.4. The first-order valence-electron chi connectivity index (χ1n) is 10.8. The first kappa shape index (κ1) is 23.7. The average molecular weight is 476 g/mol. The van der Waals surface area contributed by atoms with Crippen molar-refractivity contribution in [3.63, 3.8) is 0 Å². The fraction of sp³-hybridized carbons (Fsp3) is 0.333. The minimum absolute atomic E-state index is 0.196. The van der Waals surface area contributed by atoms with Gasteiger partial charge in [-0.15, -0.1) is 0 Å². The number of aromatic amines is 1. The summed E-state index contributed by atoms with van der Waals surface area (Å²) in [6.07, 6.45) is -4.78. The Morgan fingerprint density at radius 3 is 2.24 bits per heavy atom. The number of piperazine rings is 1. The maximum Gasteiger partial charge on any atom is 0.416 e.